The number of rotatable bonds is 7. The first-order valence-electron chi connectivity index (χ1n) is 7.41. The first kappa shape index (κ1) is 15.3. The van der Waals surface area contributed by atoms with Crippen LogP contribution < -0.4 is 10.0 Å². The molecule has 1 atom stereocenters. The number of thioether (sulfide) groups is 1. The molecular weight excluding hydrogens is 308 g/mol. The highest BCUT2D eigenvalue weighted by molar-refractivity contribution is 7.99. The monoisotopic (exact) mass is 330 g/mol. The average molecular weight is 330 g/mol. The Hall–Kier alpha value is -0.570. The zero-order chi connectivity index (χ0) is 14.9. The van der Waals surface area contributed by atoms with Gasteiger partial charge in [0.1, 0.15) is 0 Å². The van der Waals surface area contributed by atoms with Crippen LogP contribution in [0.15, 0.2) is 5.03 Å². The minimum atomic E-state index is -3.53. The van der Waals surface area contributed by atoms with Crippen LogP contribution in [0.4, 0.5) is 0 Å². The summed E-state index contributed by atoms with van der Waals surface area (Å²) in [6, 6.07) is 0.540. The predicted molar refractivity (Wildman–Crippen MR) is 83.8 cm³/mol. The van der Waals surface area contributed by atoms with Crippen LogP contribution in [0, 0.1) is 12.8 Å². The third-order valence-corrected chi connectivity index (χ3v) is 6.65. The second-order valence-electron chi connectivity index (χ2n) is 5.87. The van der Waals surface area contributed by atoms with Gasteiger partial charge in [-0.25, -0.2) is 13.1 Å². The number of H-pyrrole nitrogens is 1. The van der Waals surface area contributed by atoms with Gasteiger partial charge >= 0.3 is 0 Å². The number of aromatic nitrogens is 2. The van der Waals surface area contributed by atoms with Crippen LogP contribution in [-0.2, 0) is 16.6 Å². The van der Waals surface area contributed by atoms with Gasteiger partial charge in [0.25, 0.3) is 10.0 Å². The van der Waals surface area contributed by atoms with Crippen molar-refractivity contribution in [3.8, 4) is 0 Å². The van der Waals surface area contributed by atoms with Gasteiger partial charge in [-0.3, -0.25) is 5.10 Å². The Morgan fingerprint density at radius 1 is 1.38 bits per heavy atom. The summed E-state index contributed by atoms with van der Waals surface area (Å²) in [5.74, 6) is 2.61. The lowest BCUT2D eigenvalue weighted by molar-refractivity contribution is 0.541. The van der Waals surface area contributed by atoms with Crippen molar-refractivity contribution in [3.63, 3.8) is 0 Å². The lowest BCUT2D eigenvalue weighted by Gasteiger charge is -2.11. The Labute approximate surface area is 129 Å². The zero-order valence-corrected chi connectivity index (χ0v) is 13.8. The van der Waals surface area contributed by atoms with Gasteiger partial charge in [-0.05, 0) is 43.6 Å². The van der Waals surface area contributed by atoms with Crippen molar-refractivity contribution in [2.45, 2.75) is 43.8 Å². The highest BCUT2D eigenvalue weighted by Gasteiger charge is 2.27. The largest absolute Gasteiger partial charge is 0.310 e. The fraction of sp³-hybridized carbons (Fsp3) is 0.769. The zero-order valence-electron chi connectivity index (χ0n) is 12.2. The van der Waals surface area contributed by atoms with Crippen LogP contribution in [0.25, 0.3) is 0 Å². The van der Waals surface area contributed by atoms with Gasteiger partial charge in [-0.1, -0.05) is 0 Å². The molecule has 0 bridgehead atoms. The first-order valence-corrected chi connectivity index (χ1v) is 10.0. The number of hydrogen-bond acceptors (Lipinski definition) is 5. The highest BCUT2D eigenvalue weighted by atomic mass is 32.2. The van der Waals surface area contributed by atoms with Crippen molar-refractivity contribution in [3.05, 3.63) is 11.3 Å². The molecule has 0 aromatic carbocycles. The molecule has 3 rings (SSSR count). The van der Waals surface area contributed by atoms with E-state index >= 15 is 0 Å². The Balaban J connectivity index is 1.68. The summed E-state index contributed by atoms with van der Waals surface area (Å²) in [4.78, 5) is 0. The van der Waals surface area contributed by atoms with E-state index in [4.69, 9.17) is 0 Å². The molecule has 118 valence electrons. The third-order valence-electron chi connectivity index (χ3n) is 4.02. The lowest BCUT2D eigenvalue weighted by atomic mass is 10.1. The first-order chi connectivity index (χ1) is 10.1. The molecule has 8 heteroatoms. The smallest absolute Gasteiger partial charge is 0.260 e. The number of hydrogen-bond donors (Lipinski definition) is 3. The van der Waals surface area contributed by atoms with Crippen LogP contribution in [0.2, 0.25) is 0 Å². The fourth-order valence-corrected chi connectivity index (χ4v) is 5.03. The van der Waals surface area contributed by atoms with Gasteiger partial charge in [0.05, 0.1) is 0 Å². The number of nitrogens with zero attached hydrogens (tertiary/aromatic N) is 1. The van der Waals surface area contributed by atoms with E-state index in [1.165, 1.54) is 12.8 Å². The molecule has 1 saturated carbocycles. The molecule has 1 saturated heterocycles. The summed E-state index contributed by atoms with van der Waals surface area (Å²) >= 11 is 1.89. The van der Waals surface area contributed by atoms with E-state index in [1.54, 1.807) is 0 Å². The van der Waals surface area contributed by atoms with Gasteiger partial charge in [-0.15, -0.1) is 0 Å². The van der Waals surface area contributed by atoms with Crippen LogP contribution in [0.5, 0.6) is 0 Å². The standard InChI is InChI=1S/C13H22N4O2S2/c1-9-12(7-14-11-2-3-11)13(17-16-9)21(18,19)15-6-10-4-5-20-8-10/h10-11,14-15H,2-8H2,1H3,(H,16,17). The van der Waals surface area contributed by atoms with Gasteiger partial charge in [0.15, 0.2) is 5.03 Å². The Bertz CT molecular complexity index is 589. The van der Waals surface area contributed by atoms with Crippen LogP contribution >= 0.6 is 11.8 Å². The average Bonchev–Trinajstić information content (AvgIpc) is 2.98. The Morgan fingerprint density at radius 2 is 2.19 bits per heavy atom. The van der Waals surface area contributed by atoms with E-state index in [-0.39, 0.29) is 5.03 Å². The lowest BCUT2D eigenvalue weighted by Crippen LogP contribution is -2.31. The molecule has 1 aliphatic carbocycles. The molecule has 2 aliphatic rings. The Kier molecular flexibility index (Phi) is 4.58. The molecule has 1 aromatic rings. The van der Waals surface area contributed by atoms with E-state index in [0.717, 1.165) is 29.2 Å². The van der Waals surface area contributed by atoms with E-state index in [2.05, 4.69) is 20.2 Å². The second-order valence-corrected chi connectivity index (χ2v) is 8.70. The molecule has 6 nitrogen and oxygen atoms in total. The van der Waals surface area contributed by atoms with Crippen LogP contribution in [-0.4, -0.2) is 42.7 Å². The summed E-state index contributed by atoms with van der Waals surface area (Å²) < 4.78 is 27.6. The van der Waals surface area contributed by atoms with E-state index in [1.807, 2.05) is 18.7 Å². The molecule has 21 heavy (non-hydrogen) atoms. The maximum atomic E-state index is 12.5. The molecule has 2 heterocycles. The van der Waals surface area contributed by atoms with Crippen molar-refractivity contribution >= 4 is 21.8 Å². The molecule has 3 N–H and O–H groups in total. The summed E-state index contributed by atoms with van der Waals surface area (Å²) in [7, 11) is -3.53. The molecule has 1 aromatic heterocycles. The van der Waals surface area contributed by atoms with Crippen molar-refractivity contribution in [2.24, 2.45) is 5.92 Å². The van der Waals surface area contributed by atoms with E-state index < -0.39 is 10.0 Å². The number of sulfonamides is 1. The van der Waals surface area contributed by atoms with Crippen molar-refractivity contribution in [2.75, 3.05) is 18.1 Å². The summed E-state index contributed by atoms with van der Waals surface area (Å²) in [6.07, 6.45) is 3.44. The van der Waals surface area contributed by atoms with Gasteiger partial charge in [-0.2, -0.15) is 16.9 Å². The third kappa shape index (κ3) is 3.80. The molecule has 1 aliphatic heterocycles. The van der Waals surface area contributed by atoms with Crippen molar-refractivity contribution in [1.29, 1.82) is 0 Å². The van der Waals surface area contributed by atoms with Crippen LogP contribution in [0.3, 0.4) is 0 Å². The maximum absolute atomic E-state index is 12.5. The maximum Gasteiger partial charge on any atom is 0.260 e. The summed E-state index contributed by atoms with van der Waals surface area (Å²) in [6.45, 7) is 2.93. The van der Waals surface area contributed by atoms with Gasteiger partial charge in [0.2, 0.25) is 0 Å². The predicted octanol–water partition coefficient (Wildman–Crippen LogP) is 1.00. The second kappa shape index (κ2) is 6.28. The normalized spacial score (nSPS) is 22.8. The summed E-state index contributed by atoms with van der Waals surface area (Å²) in [5, 5.41) is 10.3. The Morgan fingerprint density at radius 3 is 2.86 bits per heavy atom. The number of nitrogens with one attached hydrogen (secondary N) is 3. The minimum Gasteiger partial charge on any atom is -0.310 e. The molecule has 2 fully saturated rings. The van der Waals surface area contributed by atoms with E-state index in [0.29, 0.717) is 25.0 Å². The van der Waals surface area contributed by atoms with Gasteiger partial charge < -0.3 is 5.32 Å². The number of aryl methyl sites for hydroxylation is 1. The molecule has 0 amide bonds. The number of aromatic amines is 1. The highest BCUT2D eigenvalue weighted by Crippen LogP contribution is 2.24. The molecule has 0 radical (unpaired) electrons. The SMILES string of the molecule is Cc1[nH]nc(S(=O)(=O)NCC2CCSC2)c1CNC1CC1. The topological polar surface area (TPSA) is 86.9 Å². The van der Waals surface area contributed by atoms with Crippen molar-refractivity contribution in [1.82, 2.24) is 20.2 Å². The van der Waals surface area contributed by atoms with Crippen LogP contribution in [0.1, 0.15) is 30.5 Å². The van der Waals surface area contributed by atoms with Gasteiger partial charge in [0, 0.05) is 30.4 Å². The fourth-order valence-electron chi connectivity index (χ4n) is 2.43. The molecular formula is C13H22N4O2S2. The minimum absolute atomic E-state index is 0.152. The quantitative estimate of drug-likeness (QED) is 0.694. The van der Waals surface area contributed by atoms with E-state index in [9.17, 15) is 8.42 Å². The molecule has 1 unspecified atom stereocenters. The summed E-state index contributed by atoms with van der Waals surface area (Å²) in [5.41, 5.74) is 1.58. The van der Waals surface area contributed by atoms with Crippen molar-refractivity contribution < 1.29 is 8.42 Å². The molecule has 0 spiro atoms.